The largest absolute Gasteiger partial charge is 0.135 e. The first-order valence-corrected chi connectivity index (χ1v) is 21.2. The molecule has 0 aliphatic rings. The Bertz CT molecular complexity index is 3830. The van der Waals surface area contributed by atoms with Crippen molar-refractivity contribution in [3.63, 3.8) is 0 Å². The Morgan fingerprint density at radius 3 is 1.39 bits per heavy atom. The zero-order chi connectivity index (χ0) is 38.6. The fourth-order valence-corrected chi connectivity index (χ4v) is 11.1. The molecule has 0 N–H and O–H groups in total. The minimum Gasteiger partial charge on any atom is -0.135 e. The molecular formula is C58H34S. The standard InChI is InChI=1S/C58H34S/c1-2-10-35(11-3-1)38-12-8-13-39(30-38)40-14-9-15-41(31-40)43-25-20-36-23-29-50-44(26-21-37-22-28-49(43)57(36)58(37)50)42-24-27-47-51(32-42)45-16-4-5-17-46(45)52-33-54-48-18-6-7-19-55(48)59-56(54)34-53(47)52/h1-34H. The van der Waals surface area contributed by atoms with Crippen LogP contribution in [0.15, 0.2) is 206 Å². The minimum atomic E-state index is 1.22. The number of thiophene rings is 1. The molecule has 1 aromatic heterocycles. The van der Waals surface area contributed by atoms with Crippen LogP contribution >= 0.6 is 11.3 Å². The van der Waals surface area contributed by atoms with E-state index in [1.807, 2.05) is 11.3 Å². The smallest absolute Gasteiger partial charge is 0.0362 e. The van der Waals surface area contributed by atoms with E-state index in [0.717, 1.165) is 0 Å². The molecule has 0 aliphatic carbocycles. The highest BCUT2D eigenvalue weighted by molar-refractivity contribution is 7.25. The Morgan fingerprint density at radius 2 is 0.695 bits per heavy atom. The van der Waals surface area contributed by atoms with Crippen LogP contribution in [0.3, 0.4) is 0 Å². The van der Waals surface area contributed by atoms with E-state index in [0.29, 0.717) is 0 Å². The molecule has 13 rings (SSSR count). The van der Waals surface area contributed by atoms with E-state index < -0.39 is 0 Å². The maximum Gasteiger partial charge on any atom is 0.0362 e. The van der Waals surface area contributed by atoms with Crippen molar-refractivity contribution < 1.29 is 0 Å². The first-order valence-electron chi connectivity index (χ1n) is 20.4. The molecule has 1 heteroatoms. The van der Waals surface area contributed by atoms with Gasteiger partial charge in [-0.25, -0.2) is 0 Å². The van der Waals surface area contributed by atoms with Crippen LogP contribution in [0.5, 0.6) is 0 Å². The number of hydrogen-bond acceptors (Lipinski definition) is 1. The van der Waals surface area contributed by atoms with Gasteiger partial charge in [0.1, 0.15) is 0 Å². The molecule has 0 nitrogen and oxygen atoms in total. The predicted octanol–water partition coefficient (Wildman–Crippen LogP) is 17.1. The van der Waals surface area contributed by atoms with Gasteiger partial charge in [0.2, 0.25) is 0 Å². The van der Waals surface area contributed by atoms with Gasteiger partial charge >= 0.3 is 0 Å². The van der Waals surface area contributed by atoms with Crippen LogP contribution in [0.25, 0.3) is 129 Å². The molecule has 0 saturated heterocycles. The first kappa shape index (κ1) is 32.7. The molecule has 272 valence electrons. The molecular weight excluding hydrogens is 729 g/mol. The maximum atomic E-state index is 2.45. The van der Waals surface area contributed by atoms with Crippen molar-refractivity contribution in [1.82, 2.24) is 0 Å². The molecule has 0 amide bonds. The summed E-state index contributed by atoms with van der Waals surface area (Å²) in [5, 5.41) is 18.3. The van der Waals surface area contributed by atoms with E-state index in [4.69, 9.17) is 0 Å². The van der Waals surface area contributed by atoms with Gasteiger partial charge in [-0.2, -0.15) is 0 Å². The third-order valence-corrected chi connectivity index (χ3v) is 13.9. The van der Waals surface area contributed by atoms with Gasteiger partial charge in [0.15, 0.2) is 0 Å². The summed E-state index contributed by atoms with van der Waals surface area (Å²) in [5.74, 6) is 0. The van der Waals surface area contributed by atoms with Crippen molar-refractivity contribution in [3.8, 4) is 44.5 Å². The Hall–Kier alpha value is -7.32. The zero-order valence-corrected chi connectivity index (χ0v) is 32.9. The first-order chi connectivity index (χ1) is 29.2. The van der Waals surface area contributed by atoms with Crippen molar-refractivity contribution in [2.24, 2.45) is 0 Å². The van der Waals surface area contributed by atoms with Gasteiger partial charge in [0.25, 0.3) is 0 Å². The van der Waals surface area contributed by atoms with E-state index in [9.17, 15) is 0 Å². The van der Waals surface area contributed by atoms with Crippen LogP contribution in [0.1, 0.15) is 0 Å². The number of hydrogen-bond donors (Lipinski definition) is 0. The van der Waals surface area contributed by atoms with Gasteiger partial charge < -0.3 is 0 Å². The summed E-state index contributed by atoms with van der Waals surface area (Å²) < 4.78 is 2.68. The molecule has 0 fully saturated rings. The quantitative estimate of drug-likeness (QED) is 0.157. The van der Waals surface area contributed by atoms with Crippen LogP contribution in [0.4, 0.5) is 0 Å². The SMILES string of the molecule is c1ccc(-c2cccc(-c3cccc(-c4ccc5ccc6c(-c7ccc8c(c7)c7ccccc7c7cc9c(cc87)sc7ccccc79)ccc7ccc4c5c76)c3)c2)cc1. The van der Waals surface area contributed by atoms with E-state index in [1.54, 1.807) is 0 Å². The Morgan fingerprint density at radius 1 is 0.220 bits per heavy atom. The zero-order valence-electron chi connectivity index (χ0n) is 32.0. The van der Waals surface area contributed by atoms with Crippen LogP contribution < -0.4 is 0 Å². The lowest BCUT2D eigenvalue weighted by Crippen LogP contribution is -1.90. The molecule has 0 aliphatic heterocycles. The average molecular weight is 763 g/mol. The van der Waals surface area contributed by atoms with Crippen molar-refractivity contribution in [3.05, 3.63) is 206 Å². The summed E-state index contributed by atoms with van der Waals surface area (Å²) in [4.78, 5) is 0. The molecule has 13 aromatic rings. The van der Waals surface area contributed by atoms with Crippen molar-refractivity contribution in [1.29, 1.82) is 0 Å². The van der Waals surface area contributed by atoms with Gasteiger partial charge in [0.05, 0.1) is 0 Å². The molecule has 59 heavy (non-hydrogen) atoms. The van der Waals surface area contributed by atoms with Gasteiger partial charge in [0, 0.05) is 20.2 Å². The summed E-state index contributed by atoms with van der Waals surface area (Å²) in [5.41, 5.74) is 9.90. The molecule has 0 unspecified atom stereocenters. The van der Waals surface area contributed by atoms with E-state index in [-0.39, 0.29) is 0 Å². The number of rotatable bonds is 4. The molecule has 0 bridgehead atoms. The highest BCUT2D eigenvalue weighted by Gasteiger charge is 2.18. The summed E-state index contributed by atoms with van der Waals surface area (Å²) in [6.07, 6.45) is 0. The second-order valence-corrected chi connectivity index (χ2v) is 17.1. The Balaban J connectivity index is 0.979. The molecule has 12 aromatic carbocycles. The van der Waals surface area contributed by atoms with E-state index in [2.05, 4.69) is 206 Å². The lowest BCUT2D eigenvalue weighted by molar-refractivity contribution is 1.58. The Labute approximate surface area is 345 Å². The van der Waals surface area contributed by atoms with Gasteiger partial charge in [-0.15, -0.1) is 11.3 Å². The third kappa shape index (κ3) is 4.96. The normalized spacial score (nSPS) is 12.1. The Kier molecular flexibility index (Phi) is 6.98. The molecule has 1 heterocycles. The predicted molar refractivity (Wildman–Crippen MR) is 257 cm³/mol. The number of benzene rings is 12. The van der Waals surface area contributed by atoms with Gasteiger partial charge in [-0.05, 0) is 146 Å². The summed E-state index contributed by atoms with van der Waals surface area (Å²) in [6.45, 7) is 0. The molecule has 0 radical (unpaired) electrons. The van der Waals surface area contributed by atoms with Crippen LogP contribution in [-0.2, 0) is 0 Å². The van der Waals surface area contributed by atoms with E-state index in [1.165, 1.54) is 129 Å². The van der Waals surface area contributed by atoms with E-state index >= 15 is 0 Å². The fourth-order valence-electron chi connectivity index (χ4n) is 10.0. The summed E-state index contributed by atoms with van der Waals surface area (Å²) in [7, 11) is 0. The van der Waals surface area contributed by atoms with Crippen molar-refractivity contribution in [2.45, 2.75) is 0 Å². The molecule has 0 saturated carbocycles. The summed E-state index contributed by atoms with van der Waals surface area (Å²) in [6, 6.07) is 77.0. The van der Waals surface area contributed by atoms with Crippen molar-refractivity contribution >= 4 is 96.1 Å². The highest BCUT2D eigenvalue weighted by Crippen LogP contribution is 2.46. The third-order valence-electron chi connectivity index (χ3n) is 12.8. The monoisotopic (exact) mass is 762 g/mol. The topological polar surface area (TPSA) is 0 Å². The summed E-state index contributed by atoms with van der Waals surface area (Å²) >= 11 is 1.89. The lowest BCUT2D eigenvalue weighted by atomic mass is 9.86. The number of fused-ring (bicyclic) bond motifs is 9. The minimum absolute atomic E-state index is 1.22. The lowest BCUT2D eigenvalue weighted by Gasteiger charge is -2.17. The maximum absolute atomic E-state index is 2.45. The highest BCUT2D eigenvalue weighted by atomic mass is 32.1. The fraction of sp³-hybridized carbons (Fsp3) is 0. The molecule has 0 spiro atoms. The van der Waals surface area contributed by atoms with Crippen LogP contribution in [0.2, 0.25) is 0 Å². The van der Waals surface area contributed by atoms with Crippen molar-refractivity contribution in [2.75, 3.05) is 0 Å². The van der Waals surface area contributed by atoms with Gasteiger partial charge in [-0.3, -0.25) is 0 Å². The second-order valence-electron chi connectivity index (χ2n) is 16.0. The van der Waals surface area contributed by atoms with Gasteiger partial charge in [-0.1, -0.05) is 170 Å². The average Bonchev–Trinajstić information content (AvgIpc) is 3.68. The van der Waals surface area contributed by atoms with Crippen LogP contribution in [-0.4, -0.2) is 0 Å². The molecule has 0 atom stereocenters. The second kappa shape index (κ2) is 12.6. The van der Waals surface area contributed by atoms with Crippen LogP contribution in [0, 0.1) is 0 Å².